The second kappa shape index (κ2) is 13.5. The van der Waals surface area contributed by atoms with E-state index in [0.29, 0.717) is 0 Å². The van der Waals surface area contributed by atoms with Gasteiger partial charge in [0, 0.05) is 39.3 Å². The van der Waals surface area contributed by atoms with Gasteiger partial charge in [-0.15, -0.1) is 0 Å². The average molecular weight is 833 g/mol. The highest BCUT2D eigenvalue weighted by Gasteiger charge is 2.53. The Kier molecular flexibility index (Phi) is 9.03. The maximum atomic E-state index is 7.71. The molecular weight excluding hydrogens is 763 g/mol. The highest BCUT2D eigenvalue weighted by Crippen LogP contribution is 2.56. The Morgan fingerprint density at radius 1 is 0.540 bits per heavy atom. The molecule has 0 spiro atoms. The van der Waals surface area contributed by atoms with Gasteiger partial charge in [-0.1, -0.05) is 152 Å². The summed E-state index contributed by atoms with van der Waals surface area (Å²) in [5.41, 5.74) is 21.9. The zero-order chi connectivity index (χ0) is 45.0. The highest BCUT2D eigenvalue weighted by molar-refractivity contribution is 6.99. The third kappa shape index (κ3) is 6.42. The van der Waals surface area contributed by atoms with Gasteiger partial charge in [-0.3, -0.25) is 0 Å². The Morgan fingerprint density at radius 3 is 1.71 bits per heavy atom. The van der Waals surface area contributed by atoms with Crippen LogP contribution in [0.1, 0.15) is 162 Å². The minimum absolute atomic E-state index is 0.0104. The van der Waals surface area contributed by atoms with Crippen LogP contribution in [0.25, 0.3) is 11.1 Å². The van der Waals surface area contributed by atoms with Crippen molar-refractivity contribution >= 4 is 57.4 Å². The second-order valence-electron chi connectivity index (χ2n) is 24.5. The van der Waals surface area contributed by atoms with Gasteiger partial charge in [0.1, 0.15) is 5.76 Å². The van der Waals surface area contributed by atoms with Crippen molar-refractivity contribution in [2.45, 2.75) is 162 Å². The molecule has 2 aliphatic carbocycles. The molecule has 6 aromatic rings. The van der Waals surface area contributed by atoms with Crippen LogP contribution in [0.5, 0.6) is 0 Å². The van der Waals surface area contributed by atoms with Crippen molar-refractivity contribution in [1.82, 2.24) is 0 Å². The minimum atomic E-state index is -0.0975. The molecule has 0 saturated carbocycles. The van der Waals surface area contributed by atoms with Crippen molar-refractivity contribution in [1.29, 1.82) is 0 Å². The lowest BCUT2D eigenvalue weighted by Gasteiger charge is -2.47. The van der Waals surface area contributed by atoms with Crippen molar-refractivity contribution in [3.8, 4) is 11.1 Å². The van der Waals surface area contributed by atoms with Crippen LogP contribution in [0.3, 0.4) is 0 Å². The molecule has 2 aliphatic heterocycles. The predicted octanol–water partition coefficient (Wildman–Crippen LogP) is 14.6. The maximum absolute atomic E-state index is 7.71. The number of benzene rings is 5. The monoisotopic (exact) mass is 833 g/mol. The number of nitrogens with zero attached hydrogens (tertiary/aromatic N) is 2. The van der Waals surface area contributed by atoms with E-state index >= 15 is 0 Å². The molecule has 0 atom stereocenters. The van der Waals surface area contributed by atoms with Gasteiger partial charge in [-0.2, -0.15) is 0 Å². The first-order valence-electron chi connectivity index (χ1n) is 23.8. The molecule has 0 fully saturated rings. The summed E-state index contributed by atoms with van der Waals surface area (Å²) in [5.74, 6) is 1.17. The van der Waals surface area contributed by atoms with Crippen molar-refractivity contribution in [3.63, 3.8) is 0 Å². The van der Waals surface area contributed by atoms with Gasteiger partial charge in [-0.25, -0.2) is 0 Å². The maximum Gasteiger partial charge on any atom is 0.297 e. The van der Waals surface area contributed by atoms with Crippen molar-refractivity contribution < 1.29 is 4.42 Å². The molecule has 3 nitrogen and oxygen atoms in total. The van der Waals surface area contributed by atoms with Crippen LogP contribution >= 0.6 is 0 Å². The number of aryl methyl sites for hydroxylation is 1. The fourth-order valence-electron chi connectivity index (χ4n) is 11.7. The Bertz CT molecular complexity index is 2820. The molecular formula is C59H69BN2O. The lowest BCUT2D eigenvalue weighted by Crippen LogP contribution is -2.61. The number of hydrogen-bond donors (Lipinski definition) is 0. The van der Waals surface area contributed by atoms with E-state index in [-0.39, 0.29) is 39.2 Å². The van der Waals surface area contributed by atoms with Gasteiger partial charge in [0.05, 0.1) is 17.0 Å². The molecule has 3 heterocycles. The van der Waals surface area contributed by atoms with Crippen LogP contribution in [0, 0.1) is 6.92 Å². The zero-order valence-electron chi connectivity index (χ0n) is 40.9. The summed E-state index contributed by atoms with van der Waals surface area (Å²) >= 11 is 0. The van der Waals surface area contributed by atoms with Crippen LogP contribution in [0.2, 0.25) is 0 Å². The first-order valence-corrected chi connectivity index (χ1v) is 23.8. The smallest absolute Gasteiger partial charge is 0.297 e. The van der Waals surface area contributed by atoms with Gasteiger partial charge in [0.15, 0.2) is 0 Å². The van der Waals surface area contributed by atoms with E-state index < -0.39 is 0 Å². The minimum Gasteiger partial charge on any atom is -0.472 e. The first kappa shape index (κ1) is 42.0. The molecule has 10 rings (SSSR count). The highest BCUT2D eigenvalue weighted by atomic mass is 16.3. The molecule has 1 aromatic heterocycles. The zero-order valence-corrected chi connectivity index (χ0v) is 40.9. The summed E-state index contributed by atoms with van der Waals surface area (Å²) < 4.78 is 7.71. The van der Waals surface area contributed by atoms with Gasteiger partial charge >= 0.3 is 0 Å². The van der Waals surface area contributed by atoms with E-state index in [9.17, 15) is 0 Å². The van der Waals surface area contributed by atoms with Crippen LogP contribution in [0.15, 0.2) is 101 Å². The SMILES string of the molecule is Cc1cc2c3c(c1)N(c1ccc(C(C)(C)C)cc1)c1c(oc4c1C(C)(C)CCC4(C)C)B3c1cc3c(cc1N2c1ccc(C(C)(C)C)cc1-c1ccccc1)C(C)(C)CCC3(C)C. The molecule has 4 heteroatoms. The van der Waals surface area contributed by atoms with Crippen LogP contribution in [0.4, 0.5) is 34.1 Å². The molecule has 0 bridgehead atoms. The fraction of sp³-hybridized carbons (Fsp3) is 0.424. The molecule has 0 saturated heterocycles. The number of anilines is 6. The van der Waals surface area contributed by atoms with E-state index in [2.05, 4.69) is 211 Å². The Balaban J connectivity index is 1.36. The standard InChI is InChI=1S/C59H69BN2O/c1-36-31-47-50-48(32-36)62(45-26-23-39(55(5,6)7)33-41(45)37-19-17-16-18-20-37)46-35-43-42(56(8,9)27-28-57(43,10)11)34-44(46)60(50)53-51(49-52(63-53)59(14,15)30-29-58(49,12)13)61(47)40-24-21-38(22-25-40)54(2,3)4/h16-26,31-35H,27-30H2,1-15H3. The normalized spacial score (nSPS) is 18.9. The van der Waals surface area contributed by atoms with Crippen LogP contribution in [-0.2, 0) is 32.5 Å². The molecule has 4 aliphatic rings. The van der Waals surface area contributed by atoms with E-state index in [1.54, 1.807) is 0 Å². The summed E-state index contributed by atoms with van der Waals surface area (Å²) in [6.07, 6.45) is 4.53. The average Bonchev–Trinajstić information content (AvgIpc) is 3.63. The summed E-state index contributed by atoms with van der Waals surface area (Å²) in [7, 11) is 0. The number of furan rings is 1. The Morgan fingerprint density at radius 2 is 1.10 bits per heavy atom. The van der Waals surface area contributed by atoms with E-state index in [0.717, 1.165) is 31.3 Å². The molecule has 63 heavy (non-hydrogen) atoms. The fourth-order valence-corrected chi connectivity index (χ4v) is 11.7. The summed E-state index contributed by atoms with van der Waals surface area (Å²) in [5, 5.41) is 0. The first-order chi connectivity index (χ1) is 29.4. The third-order valence-electron chi connectivity index (χ3n) is 15.8. The van der Waals surface area contributed by atoms with Crippen molar-refractivity contribution in [3.05, 3.63) is 136 Å². The quantitative estimate of drug-likeness (QED) is 0.165. The second-order valence-corrected chi connectivity index (χ2v) is 24.5. The number of fused-ring (bicyclic) bond motifs is 7. The van der Waals surface area contributed by atoms with E-state index in [4.69, 9.17) is 4.42 Å². The summed E-state index contributed by atoms with van der Waals surface area (Å²) in [4.78, 5) is 5.28. The molecule has 0 radical (unpaired) electrons. The number of rotatable bonds is 3. The van der Waals surface area contributed by atoms with E-state index in [1.807, 2.05) is 0 Å². The largest absolute Gasteiger partial charge is 0.472 e. The van der Waals surface area contributed by atoms with Crippen LogP contribution in [-0.4, -0.2) is 6.71 Å². The molecule has 5 aromatic carbocycles. The Hall–Kier alpha value is -4.96. The number of hydrogen-bond acceptors (Lipinski definition) is 3. The van der Waals surface area contributed by atoms with Crippen LogP contribution < -0.4 is 26.4 Å². The van der Waals surface area contributed by atoms with E-state index in [1.165, 1.54) is 95.3 Å². The summed E-state index contributed by atoms with van der Waals surface area (Å²) in [6.45, 7) is 35.7. The molecule has 0 amide bonds. The molecule has 0 N–H and O–H groups in total. The third-order valence-corrected chi connectivity index (χ3v) is 15.8. The topological polar surface area (TPSA) is 19.6 Å². The summed E-state index contributed by atoms with van der Waals surface area (Å²) in [6, 6.07) is 38.0. The van der Waals surface area contributed by atoms with Gasteiger partial charge in [0.25, 0.3) is 6.71 Å². The Labute approximate surface area is 379 Å². The molecule has 324 valence electrons. The van der Waals surface area contributed by atoms with Crippen molar-refractivity contribution in [2.75, 3.05) is 9.80 Å². The van der Waals surface area contributed by atoms with Gasteiger partial charge in [-0.05, 0) is 146 Å². The molecule has 0 unspecified atom stereocenters. The lowest BCUT2D eigenvalue weighted by molar-refractivity contribution is 0.282. The van der Waals surface area contributed by atoms with Gasteiger partial charge < -0.3 is 14.2 Å². The predicted molar refractivity (Wildman–Crippen MR) is 271 cm³/mol. The lowest BCUT2D eigenvalue weighted by atomic mass is 9.35. The van der Waals surface area contributed by atoms with Gasteiger partial charge in [0.2, 0.25) is 0 Å². The van der Waals surface area contributed by atoms with Crippen molar-refractivity contribution in [2.24, 2.45) is 0 Å².